The second-order valence-electron chi connectivity index (χ2n) is 8.36. The maximum absolute atomic E-state index is 13.0. The van der Waals surface area contributed by atoms with Gasteiger partial charge in [-0.3, -0.25) is 4.79 Å². The molecule has 2 aromatic carbocycles. The van der Waals surface area contributed by atoms with Gasteiger partial charge in [-0.1, -0.05) is 67.6 Å². The summed E-state index contributed by atoms with van der Waals surface area (Å²) in [6.07, 6.45) is 5.63. The van der Waals surface area contributed by atoms with E-state index in [1.165, 1.54) is 6.42 Å². The number of hydrogen-bond acceptors (Lipinski definition) is 4. The van der Waals surface area contributed by atoms with E-state index in [4.69, 9.17) is 0 Å². The van der Waals surface area contributed by atoms with E-state index in [-0.39, 0.29) is 17.3 Å². The number of benzene rings is 2. The van der Waals surface area contributed by atoms with Crippen LogP contribution in [0.2, 0.25) is 0 Å². The number of carboxylic acids is 1. The van der Waals surface area contributed by atoms with Crippen molar-refractivity contribution in [3.05, 3.63) is 71.3 Å². The van der Waals surface area contributed by atoms with Crippen LogP contribution in [0.15, 0.2) is 48.5 Å². The first kappa shape index (κ1) is 22.5. The average molecular weight is 442 g/mol. The molecule has 3 aromatic rings. The Morgan fingerprint density at radius 2 is 1.79 bits per heavy atom. The van der Waals surface area contributed by atoms with Crippen molar-refractivity contribution in [2.24, 2.45) is 5.92 Å². The molecule has 0 aliphatic heterocycles. The van der Waals surface area contributed by atoms with Gasteiger partial charge in [0.25, 0.3) is 0 Å². The Hall–Kier alpha value is -3.72. The molecule has 0 atom stereocenters. The van der Waals surface area contributed by atoms with Gasteiger partial charge in [-0.15, -0.1) is 11.0 Å². The zero-order chi connectivity index (χ0) is 23.2. The normalized spacial score (nSPS) is 13.8. The van der Waals surface area contributed by atoms with Crippen molar-refractivity contribution in [3.63, 3.8) is 0 Å². The molecule has 1 heterocycles. The van der Waals surface area contributed by atoms with Crippen molar-refractivity contribution in [1.82, 2.24) is 14.8 Å². The lowest BCUT2D eigenvalue weighted by Gasteiger charge is -2.18. The van der Waals surface area contributed by atoms with E-state index in [2.05, 4.69) is 21.9 Å². The molecule has 6 nitrogen and oxygen atoms in total. The first-order chi connectivity index (χ1) is 16.1. The summed E-state index contributed by atoms with van der Waals surface area (Å²) in [7, 11) is 0. The van der Waals surface area contributed by atoms with Gasteiger partial charge in [-0.25, -0.2) is 14.5 Å². The minimum atomic E-state index is -0.950. The molecular formula is C27H27N3O3. The lowest BCUT2D eigenvalue weighted by atomic mass is 9.86. The molecule has 1 fully saturated rings. The van der Waals surface area contributed by atoms with E-state index in [1.54, 1.807) is 29.8 Å². The minimum absolute atomic E-state index is 0.0216. The third-order valence-electron chi connectivity index (χ3n) is 6.12. The first-order valence-corrected chi connectivity index (χ1v) is 11.4. The Morgan fingerprint density at radius 1 is 1.06 bits per heavy atom. The van der Waals surface area contributed by atoms with Gasteiger partial charge in [0.15, 0.2) is 0 Å². The van der Waals surface area contributed by atoms with Crippen molar-refractivity contribution < 1.29 is 14.7 Å². The van der Waals surface area contributed by atoms with Crippen molar-refractivity contribution in [2.75, 3.05) is 0 Å². The van der Waals surface area contributed by atoms with Gasteiger partial charge in [-0.2, -0.15) is 0 Å². The molecule has 6 heteroatoms. The molecule has 1 aromatic heterocycles. The highest BCUT2D eigenvalue weighted by Gasteiger charge is 2.26. The highest BCUT2D eigenvalue weighted by molar-refractivity contribution is 5.96. The van der Waals surface area contributed by atoms with Crippen molar-refractivity contribution in [1.29, 1.82) is 0 Å². The van der Waals surface area contributed by atoms with Crippen LogP contribution in [0.25, 0.3) is 11.1 Å². The third-order valence-corrected chi connectivity index (χ3v) is 6.12. The summed E-state index contributed by atoms with van der Waals surface area (Å²) in [6, 6.07) is 14.7. The Bertz CT molecular complexity index is 1210. The molecule has 0 radical (unpaired) electrons. The SMILES string of the molecule is CC#CCc1nc(C(=O)C2CCCCC2)nn1Cc1ccc(-c2ccccc2C(=O)O)cc1. The number of rotatable bonds is 7. The van der Waals surface area contributed by atoms with Gasteiger partial charge in [0, 0.05) is 5.92 Å². The number of Topliss-reactive ketones (excluding diaryl/α,β-unsaturated/α-hetero) is 1. The lowest BCUT2D eigenvalue weighted by molar-refractivity contribution is 0.0697. The number of aromatic carboxylic acids is 1. The van der Waals surface area contributed by atoms with Crippen LogP contribution < -0.4 is 0 Å². The van der Waals surface area contributed by atoms with Gasteiger partial charge in [-0.05, 0) is 42.5 Å². The standard InChI is InChI=1S/C27H27N3O3/c1-2-3-13-24-28-26(25(31)21-9-5-4-6-10-21)29-30(24)18-19-14-16-20(17-15-19)22-11-7-8-12-23(22)27(32)33/h7-8,11-12,14-17,21H,4-6,9-10,13,18H2,1H3,(H,32,33). The Morgan fingerprint density at radius 3 is 2.48 bits per heavy atom. The number of ketones is 1. The molecule has 1 aliphatic rings. The summed E-state index contributed by atoms with van der Waals surface area (Å²) in [5, 5.41) is 14.0. The van der Waals surface area contributed by atoms with E-state index in [0.717, 1.165) is 36.8 Å². The van der Waals surface area contributed by atoms with Gasteiger partial charge in [0.05, 0.1) is 18.5 Å². The van der Waals surface area contributed by atoms with Gasteiger partial charge >= 0.3 is 5.97 Å². The second-order valence-corrected chi connectivity index (χ2v) is 8.36. The van der Waals surface area contributed by atoms with Gasteiger partial charge in [0.1, 0.15) is 5.82 Å². The van der Waals surface area contributed by atoms with Crippen LogP contribution in [0, 0.1) is 17.8 Å². The minimum Gasteiger partial charge on any atom is -0.478 e. The number of aromatic nitrogens is 3. The fraction of sp³-hybridized carbons (Fsp3) is 0.333. The maximum atomic E-state index is 13.0. The van der Waals surface area contributed by atoms with Crippen molar-refractivity contribution in [3.8, 4) is 23.0 Å². The Labute approximate surface area is 193 Å². The smallest absolute Gasteiger partial charge is 0.336 e. The molecule has 0 unspecified atom stereocenters. The molecule has 168 valence electrons. The number of carboxylic acid groups (broad SMARTS) is 1. The van der Waals surface area contributed by atoms with E-state index in [0.29, 0.717) is 30.2 Å². The highest BCUT2D eigenvalue weighted by atomic mass is 16.4. The van der Waals surface area contributed by atoms with Crippen LogP contribution in [0.4, 0.5) is 0 Å². The van der Waals surface area contributed by atoms with Crippen LogP contribution in [0.3, 0.4) is 0 Å². The zero-order valence-corrected chi connectivity index (χ0v) is 18.8. The fourth-order valence-corrected chi connectivity index (χ4v) is 4.33. The fourth-order valence-electron chi connectivity index (χ4n) is 4.33. The predicted octanol–water partition coefficient (Wildman–Crippen LogP) is 5.02. The molecule has 4 rings (SSSR count). The second kappa shape index (κ2) is 10.3. The summed E-state index contributed by atoms with van der Waals surface area (Å²) < 4.78 is 1.76. The molecule has 1 saturated carbocycles. The summed E-state index contributed by atoms with van der Waals surface area (Å²) in [5.41, 5.74) is 2.77. The summed E-state index contributed by atoms with van der Waals surface area (Å²) >= 11 is 0. The zero-order valence-electron chi connectivity index (χ0n) is 18.8. The molecular weight excluding hydrogens is 414 g/mol. The molecule has 1 N–H and O–H groups in total. The van der Waals surface area contributed by atoms with E-state index >= 15 is 0 Å². The first-order valence-electron chi connectivity index (χ1n) is 11.4. The van der Waals surface area contributed by atoms with Crippen LogP contribution in [-0.4, -0.2) is 31.6 Å². The Kier molecular flexibility index (Phi) is 6.99. The van der Waals surface area contributed by atoms with E-state index in [1.807, 2.05) is 30.3 Å². The Balaban J connectivity index is 1.57. The van der Waals surface area contributed by atoms with E-state index in [9.17, 15) is 14.7 Å². The molecule has 0 amide bonds. The molecule has 1 aliphatic carbocycles. The predicted molar refractivity (Wildman–Crippen MR) is 126 cm³/mol. The molecule has 0 saturated heterocycles. The number of carbonyl (C=O) groups excluding carboxylic acids is 1. The van der Waals surface area contributed by atoms with Crippen molar-refractivity contribution in [2.45, 2.75) is 52.0 Å². The summed E-state index contributed by atoms with van der Waals surface area (Å²) in [6.45, 7) is 2.25. The van der Waals surface area contributed by atoms with Crippen LogP contribution in [-0.2, 0) is 13.0 Å². The number of hydrogen-bond donors (Lipinski definition) is 1. The summed E-state index contributed by atoms with van der Waals surface area (Å²) in [5.74, 6) is 6.01. The summed E-state index contributed by atoms with van der Waals surface area (Å²) in [4.78, 5) is 29.0. The van der Waals surface area contributed by atoms with Gasteiger partial charge in [0.2, 0.25) is 11.6 Å². The number of carbonyl (C=O) groups is 2. The van der Waals surface area contributed by atoms with E-state index < -0.39 is 5.97 Å². The van der Waals surface area contributed by atoms with Crippen molar-refractivity contribution >= 4 is 11.8 Å². The third kappa shape index (κ3) is 5.20. The quantitative estimate of drug-likeness (QED) is 0.411. The van der Waals surface area contributed by atoms with Gasteiger partial charge < -0.3 is 5.11 Å². The van der Waals surface area contributed by atoms with Crippen LogP contribution >= 0.6 is 0 Å². The average Bonchev–Trinajstić information content (AvgIpc) is 3.25. The maximum Gasteiger partial charge on any atom is 0.336 e. The highest BCUT2D eigenvalue weighted by Crippen LogP contribution is 2.27. The monoisotopic (exact) mass is 441 g/mol. The molecule has 33 heavy (non-hydrogen) atoms. The van der Waals surface area contributed by atoms with Crippen LogP contribution in [0.1, 0.15) is 71.4 Å². The number of nitrogens with zero attached hydrogens (tertiary/aromatic N) is 3. The van der Waals surface area contributed by atoms with Crippen LogP contribution in [0.5, 0.6) is 0 Å². The lowest BCUT2D eigenvalue weighted by Crippen LogP contribution is -2.19. The largest absolute Gasteiger partial charge is 0.478 e. The topological polar surface area (TPSA) is 85.1 Å². The molecule has 0 bridgehead atoms. The molecule has 0 spiro atoms.